The monoisotopic (exact) mass is 374 g/mol. The maximum atomic E-state index is 12.2. The van der Waals surface area contributed by atoms with Gasteiger partial charge in [0.15, 0.2) is 5.11 Å². The second kappa shape index (κ2) is 8.45. The van der Waals surface area contributed by atoms with Crippen LogP contribution in [0, 0.1) is 5.92 Å². The van der Waals surface area contributed by atoms with E-state index >= 15 is 0 Å². The Bertz CT molecular complexity index is 660. The lowest BCUT2D eigenvalue weighted by Gasteiger charge is -2.30. The third-order valence-electron chi connectivity index (χ3n) is 3.82. The van der Waals surface area contributed by atoms with Crippen molar-refractivity contribution in [2.75, 3.05) is 18.8 Å². The molecular weight excluding hydrogens is 352 g/mol. The largest absolute Gasteiger partial charge is 0.467 e. The van der Waals surface area contributed by atoms with Crippen molar-refractivity contribution >= 4 is 33.3 Å². The van der Waals surface area contributed by atoms with Crippen molar-refractivity contribution in [1.29, 1.82) is 0 Å². The predicted octanol–water partition coefficient (Wildman–Crippen LogP) is 0.337. The minimum Gasteiger partial charge on any atom is -0.467 e. The van der Waals surface area contributed by atoms with Crippen molar-refractivity contribution in [3.05, 3.63) is 24.2 Å². The Hall–Kier alpha value is -1.65. The van der Waals surface area contributed by atoms with Crippen LogP contribution in [0.4, 0.5) is 0 Å². The molecule has 1 fully saturated rings. The van der Waals surface area contributed by atoms with E-state index in [1.807, 2.05) is 0 Å². The van der Waals surface area contributed by atoms with Crippen molar-refractivity contribution in [3.63, 3.8) is 0 Å². The van der Waals surface area contributed by atoms with Crippen molar-refractivity contribution < 1.29 is 17.6 Å². The summed E-state index contributed by atoms with van der Waals surface area (Å²) in [5, 5.41) is 3.15. The van der Waals surface area contributed by atoms with Gasteiger partial charge in [-0.05, 0) is 44.1 Å². The van der Waals surface area contributed by atoms with Gasteiger partial charge in [-0.25, -0.2) is 12.7 Å². The lowest BCUT2D eigenvalue weighted by molar-refractivity contribution is -0.126. The molecule has 0 radical (unpaired) electrons. The Labute approximate surface area is 147 Å². The average molecular weight is 374 g/mol. The van der Waals surface area contributed by atoms with Crippen LogP contribution in [0.15, 0.2) is 22.8 Å². The summed E-state index contributed by atoms with van der Waals surface area (Å²) in [4.78, 5) is 12.2. The second-order valence-corrected chi connectivity index (χ2v) is 8.14. The molecule has 0 bridgehead atoms. The number of hydrogen-bond acceptors (Lipinski definition) is 5. The molecule has 1 atom stereocenters. The molecule has 10 heteroatoms. The van der Waals surface area contributed by atoms with E-state index in [2.05, 4.69) is 16.2 Å². The standard InChI is InChI=1S/C14H22N4O4S2/c1-2-24(20,21)18-7-3-5-11(10-18)13(19)16-17-14(23)15-9-12-6-4-8-22-12/h4,6,8,11H,2-3,5,7,9-10H2,1H3,(H,16,19)(H2,15,17,23)/t11-/m1/s1. The summed E-state index contributed by atoms with van der Waals surface area (Å²) >= 11 is 5.06. The number of carbonyl (C=O) groups is 1. The predicted molar refractivity (Wildman–Crippen MR) is 93.2 cm³/mol. The Balaban J connectivity index is 1.76. The lowest BCUT2D eigenvalue weighted by atomic mass is 9.99. The Kier molecular flexibility index (Phi) is 6.58. The molecule has 0 aliphatic carbocycles. The summed E-state index contributed by atoms with van der Waals surface area (Å²) in [6.07, 6.45) is 2.88. The first-order valence-corrected chi connectivity index (χ1v) is 9.78. The van der Waals surface area contributed by atoms with Crippen LogP contribution in [0.5, 0.6) is 0 Å². The Morgan fingerprint density at radius 3 is 2.92 bits per heavy atom. The minimum absolute atomic E-state index is 0.0420. The summed E-state index contributed by atoms with van der Waals surface area (Å²) in [7, 11) is -3.27. The van der Waals surface area contributed by atoms with Crippen molar-refractivity contribution in [2.45, 2.75) is 26.3 Å². The van der Waals surface area contributed by atoms with Crippen LogP contribution in [0.3, 0.4) is 0 Å². The second-order valence-electron chi connectivity index (χ2n) is 5.47. The first-order valence-electron chi connectivity index (χ1n) is 7.76. The first kappa shape index (κ1) is 18.7. The number of carbonyl (C=O) groups excluding carboxylic acids is 1. The molecule has 0 saturated carbocycles. The molecule has 0 unspecified atom stereocenters. The maximum Gasteiger partial charge on any atom is 0.242 e. The molecule has 1 aromatic heterocycles. The molecule has 1 amide bonds. The van der Waals surface area contributed by atoms with Gasteiger partial charge in [-0.2, -0.15) is 0 Å². The minimum atomic E-state index is -3.27. The summed E-state index contributed by atoms with van der Waals surface area (Å²) in [6.45, 7) is 2.68. The van der Waals surface area contributed by atoms with Crippen molar-refractivity contribution in [3.8, 4) is 0 Å². The summed E-state index contributed by atoms with van der Waals surface area (Å²) in [5.74, 6) is 0.104. The van der Waals surface area contributed by atoms with E-state index in [0.29, 0.717) is 25.9 Å². The summed E-state index contributed by atoms with van der Waals surface area (Å²) in [6, 6.07) is 3.58. The highest BCUT2D eigenvalue weighted by atomic mass is 32.2. The molecular formula is C14H22N4O4S2. The molecule has 1 aromatic rings. The number of rotatable bonds is 5. The topological polar surface area (TPSA) is 104 Å². The van der Waals surface area contributed by atoms with Gasteiger partial charge < -0.3 is 9.73 Å². The number of sulfonamides is 1. The molecule has 2 heterocycles. The fraction of sp³-hybridized carbons (Fsp3) is 0.571. The summed E-state index contributed by atoms with van der Waals surface area (Å²) < 4.78 is 30.4. The zero-order valence-electron chi connectivity index (χ0n) is 13.4. The van der Waals surface area contributed by atoms with Gasteiger partial charge in [0.2, 0.25) is 15.9 Å². The van der Waals surface area contributed by atoms with Gasteiger partial charge in [-0.15, -0.1) is 0 Å². The van der Waals surface area contributed by atoms with Gasteiger partial charge in [-0.3, -0.25) is 15.6 Å². The van der Waals surface area contributed by atoms with Gasteiger partial charge in [0, 0.05) is 13.1 Å². The number of furan rings is 1. The molecule has 0 spiro atoms. The zero-order valence-corrected chi connectivity index (χ0v) is 15.1. The van der Waals surface area contributed by atoms with Gasteiger partial charge in [0.05, 0.1) is 24.5 Å². The van der Waals surface area contributed by atoms with Crippen LogP contribution in [0.1, 0.15) is 25.5 Å². The van der Waals surface area contributed by atoms with E-state index in [9.17, 15) is 13.2 Å². The molecule has 134 valence electrons. The van der Waals surface area contributed by atoms with Crippen molar-refractivity contribution in [2.24, 2.45) is 5.92 Å². The molecule has 1 aliphatic rings. The van der Waals surface area contributed by atoms with E-state index < -0.39 is 10.0 Å². The number of hydrogen-bond donors (Lipinski definition) is 3. The Morgan fingerprint density at radius 2 is 2.25 bits per heavy atom. The van der Waals surface area contributed by atoms with Crippen LogP contribution in [-0.2, 0) is 21.4 Å². The number of hydrazine groups is 1. The molecule has 3 N–H and O–H groups in total. The quantitative estimate of drug-likeness (QED) is 0.504. The number of amides is 1. The van der Waals surface area contributed by atoms with E-state index in [-0.39, 0.29) is 29.2 Å². The van der Waals surface area contributed by atoms with Crippen LogP contribution in [0.25, 0.3) is 0 Å². The van der Waals surface area contributed by atoms with E-state index in [4.69, 9.17) is 16.6 Å². The third-order valence-corrected chi connectivity index (χ3v) is 5.91. The first-order chi connectivity index (χ1) is 11.4. The Morgan fingerprint density at radius 1 is 1.46 bits per heavy atom. The molecule has 0 aromatic carbocycles. The number of piperidine rings is 1. The molecule has 1 aliphatic heterocycles. The number of thiocarbonyl (C=S) groups is 1. The van der Waals surface area contributed by atoms with Crippen LogP contribution >= 0.6 is 12.2 Å². The number of nitrogens with one attached hydrogen (secondary N) is 3. The zero-order chi connectivity index (χ0) is 17.6. The van der Waals surface area contributed by atoms with E-state index in [1.165, 1.54) is 4.31 Å². The van der Waals surface area contributed by atoms with Crippen molar-refractivity contribution in [1.82, 2.24) is 20.5 Å². The molecule has 1 saturated heterocycles. The SMILES string of the molecule is CCS(=O)(=O)N1CCC[C@@H](C(=O)NNC(=S)NCc2ccco2)C1. The smallest absolute Gasteiger partial charge is 0.242 e. The number of nitrogens with zero attached hydrogens (tertiary/aromatic N) is 1. The van der Waals surface area contributed by atoms with Crippen LogP contribution in [-0.4, -0.2) is 42.6 Å². The van der Waals surface area contributed by atoms with E-state index in [1.54, 1.807) is 25.3 Å². The highest BCUT2D eigenvalue weighted by Gasteiger charge is 2.31. The average Bonchev–Trinajstić information content (AvgIpc) is 3.11. The maximum absolute atomic E-state index is 12.2. The highest BCUT2D eigenvalue weighted by Crippen LogP contribution is 2.19. The fourth-order valence-corrected chi connectivity index (χ4v) is 3.74. The molecule has 8 nitrogen and oxygen atoms in total. The van der Waals surface area contributed by atoms with E-state index in [0.717, 1.165) is 5.76 Å². The lowest BCUT2D eigenvalue weighted by Crippen LogP contribution is -2.52. The van der Waals surface area contributed by atoms with Gasteiger partial charge in [0.25, 0.3) is 0 Å². The molecule has 24 heavy (non-hydrogen) atoms. The normalized spacial score (nSPS) is 18.8. The van der Waals surface area contributed by atoms with Crippen LogP contribution in [0.2, 0.25) is 0 Å². The fourth-order valence-electron chi connectivity index (χ4n) is 2.44. The van der Waals surface area contributed by atoms with Gasteiger partial charge >= 0.3 is 0 Å². The van der Waals surface area contributed by atoms with Crippen LogP contribution < -0.4 is 16.2 Å². The molecule has 2 rings (SSSR count). The summed E-state index contributed by atoms with van der Waals surface area (Å²) in [5.41, 5.74) is 5.15. The third kappa shape index (κ3) is 5.18. The van der Waals surface area contributed by atoms with Gasteiger partial charge in [-0.1, -0.05) is 0 Å². The van der Waals surface area contributed by atoms with Gasteiger partial charge in [0.1, 0.15) is 5.76 Å². The highest BCUT2D eigenvalue weighted by molar-refractivity contribution is 7.89.